The second-order valence-electron chi connectivity index (χ2n) is 13.3. The first-order valence-electron chi connectivity index (χ1n) is 13.6. The molecule has 0 aromatic heterocycles. The molecule has 0 aliphatic heterocycles. The number of unbranched alkanes of at least 4 members (excludes halogenated alkanes) is 1. The van der Waals surface area contributed by atoms with Gasteiger partial charge in [-0.25, -0.2) is 0 Å². The van der Waals surface area contributed by atoms with Gasteiger partial charge in [0.05, 0.1) is 0 Å². The molecule has 3 saturated carbocycles. The molecule has 4 rings (SSSR count). The summed E-state index contributed by atoms with van der Waals surface area (Å²) in [5, 5.41) is 0. The minimum atomic E-state index is 0.0581. The third-order valence-electron chi connectivity index (χ3n) is 11.0. The minimum Gasteiger partial charge on any atom is -0.324 e. The summed E-state index contributed by atoms with van der Waals surface area (Å²) in [5.41, 5.74) is 10.3. The Labute approximate surface area is 188 Å². The highest BCUT2D eigenvalue weighted by molar-refractivity contribution is 5.30. The molecule has 0 bridgehead atoms. The molecule has 7 unspecified atom stereocenters. The van der Waals surface area contributed by atoms with Gasteiger partial charge in [-0.2, -0.15) is 0 Å². The highest BCUT2D eigenvalue weighted by Gasteiger charge is 2.63. The Balaban J connectivity index is 1.51. The lowest BCUT2D eigenvalue weighted by atomic mass is 9.44. The standard InChI is InChI=1S/C29H51N/c1-20(2)9-7-8-10-23-11-12-25-27(23,5)17-15-26-28(6)16-13-22(21(3)4)19-24(28)14-18-29(25,26)30/h14,20-23,25-26H,7-13,15-19,30H2,1-6H3. The zero-order chi connectivity index (χ0) is 21.7. The van der Waals surface area contributed by atoms with Gasteiger partial charge in [0.15, 0.2) is 0 Å². The number of hydrogen-bond acceptors (Lipinski definition) is 1. The summed E-state index contributed by atoms with van der Waals surface area (Å²) < 4.78 is 0. The highest BCUT2D eigenvalue weighted by Crippen LogP contribution is 2.67. The molecule has 7 atom stereocenters. The van der Waals surface area contributed by atoms with Crippen LogP contribution in [0.15, 0.2) is 11.6 Å². The molecule has 1 nitrogen and oxygen atoms in total. The van der Waals surface area contributed by atoms with Crippen molar-refractivity contribution in [1.29, 1.82) is 0 Å². The van der Waals surface area contributed by atoms with Gasteiger partial charge in [-0.15, -0.1) is 0 Å². The molecule has 1 heteroatoms. The molecule has 0 aromatic rings. The highest BCUT2D eigenvalue weighted by atomic mass is 14.9. The van der Waals surface area contributed by atoms with Crippen molar-refractivity contribution in [2.45, 2.75) is 124 Å². The summed E-state index contributed by atoms with van der Waals surface area (Å²) >= 11 is 0. The van der Waals surface area contributed by atoms with Crippen molar-refractivity contribution in [3.05, 3.63) is 11.6 Å². The molecule has 2 N–H and O–H groups in total. The van der Waals surface area contributed by atoms with Crippen molar-refractivity contribution < 1.29 is 0 Å². The monoisotopic (exact) mass is 413 g/mol. The molecule has 30 heavy (non-hydrogen) atoms. The van der Waals surface area contributed by atoms with Crippen LogP contribution >= 0.6 is 0 Å². The average Bonchev–Trinajstić information content (AvgIpc) is 3.01. The van der Waals surface area contributed by atoms with E-state index in [1.165, 1.54) is 70.6 Å². The van der Waals surface area contributed by atoms with Crippen LogP contribution in [0, 0.1) is 46.3 Å². The molecule has 0 amide bonds. The molecule has 4 aliphatic rings. The molecule has 4 aliphatic carbocycles. The fourth-order valence-corrected chi connectivity index (χ4v) is 9.00. The van der Waals surface area contributed by atoms with Crippen LogP contribution in [-0.4, -0.2) is 5.54 Å². The van der Waals surface area contributed by atoms with Crippen LogP contribution in [0.4, 0.5) is 0 Å². The quantitative estimate of drug-likeness (QED) is 0.345. The third kappa shape index (κ3) is 3.64. The van der Waals surface area contributed by atoms with E-state index in [1.807, 2.05) is 0 Å². The van der Waals surface area contributed by atoms with E-state index >= 15 is 0 Å². The fourth-order valence-electron chi connectivity index (χ4n) is 9.00. The van der Waals surface area contributed by atoms with E-state index in [-0.39, 0.29) is 5.54 Å². The Morgan fingerprint density at radius 1 is 0.967 bits per heavy atom. The smallest absolute Gasteiger partial charge is 0.0260 e. The first-order chi connectivity index (χ1) is 14.1. The van der Waals surface area contributed by atoms with Gasteiger partial charge < -0.3 is 5.73 Å². The Morgan fingerprint density at radius 2 is 1.73 bits per heavy atom. The zero-order valence-corrected chi connectivity index (χ0v) is 21.1. The van der Waals surface area contributed by atoms with Crippen LogP contribution in [0.25, 0.3) is 0 Å². The lowest BCUT2D eigenvalue weighted by molar-refractivity contribution is -0.0651. The van der Waals surface area contributed by atoms with Gasteiger partial charge in [-0.05, 0) is 104 Å². The first-order valence-corrected chi connectivity index (χ1v) is 13.6. The summed E-state index contributed by atoms with van der Waals surface area (Å²) in [7, 11) is 0. The maximum Gasteiger partial charge on any atom is 0.0260 e. The van der Waals surface area contributed by atoms with Gasteiger partial charge in [0.2, 0.25) is 0 Å². The normalized spacial score (nSPS) is 45.8. The van der Waals surface area contributed by atoms with Crippen LogP contribution < -0.4 is 5.73 Å². The summed E-state index contributed by atoms with van der Waals surface area (Å²) in [6, 6.07) is 0. The van der Waals surface area contributed by atoms with Gasteiger partial charge in [-0.3, -0.25) is 0 Å². The van der Waals surface area contributed by atoms with E-state index in [1.54, 1.807) is 5.57 Å². The average molecular weight is 414 g/mol. The molecule has 0 saturated heterocycles. The van der Waals surface area contributed by atoms with E-state index in [4.69, 9.17) is 5.73 Å². The molecular weight excluding hydrogens is 362 g/mol. The lowest BCUT2D eigenvalue weighted by Gasteiger charge is -2.63. The number of fused-ring (bicyclic) bond motifs is 5. The number of allylic oxidation sites excluding steroid dienone is 1. The van der Waals surface area contributed by atoms with E-state index in [9.17, 15) is 0 Å². The Hall–Kier alpha value is -0.300. The van der Waals surface area contributed by atoms with E-state index in [2.05, 4.69) is 47.6 Å². The number of nitrogens with two attached hydrogens (primary N) is 1. The largest absolute Gasteiger partial charge is 0.324 e. The number of hydrogen-bond donors (Lipinski definition) is 1. The second-order valence-corrected chi connectivity index (χ2v) is 13.3. The van der Waals surface area contributed by atoms with Crippen molar-refractivity contribution in [3.63, 3.8) is 0 Å². The van der Waals surface area contributed by atoms with Gasteiger partial charge in [-0.1, -0.05) is 72.5 Å². The molecule has 0 heterocycles. The summed E-state index contributed by atoms with van der Waals surface area (Å²) in [6.45, 7) is 14.9. The SMILES string of the molecule is CC(C)CCCCC1CCC2C1(C)CCC1C3(C)CCC(C(C)C)CC3=CCC12N. The first kappa shape index (κ1) is 22.9. The topological polar surface area (TPSA) is 26.0 Å². The molecule has 3 fully saturated rings. The molecule has 0 spiro atoms. The summed E-state index contributed by atoms with van der Waals surface area (Å²) in [6.07, 6.45) is 19.3. The van der Waals surface area contributed by atoms with Crippen LogP contribution in [0.3, 0.4) is 0 Å². The maximum atomic E-state index is 7.53. The van der Waals surface area contributed by atoms with Crippen molar-refractivity contribution in [2.75, 3.05) is 0 Å². The van der Waals surface area contributed by atoms with Crippen molar-refractivity contribution >= 4 is 0 Å². The molecule has 0 aromatic carbocycles. The predicted molar refractivity (Wildman–Crippen MR) is 130 cm³/mol. The van der Waals surface area contributed by atoms with Crippen LogP contribution in [0.5, 0.6) is 0 Å². The number of rotatable bonds is 6. The molecule has 172 valence electrons. The minimum absolute atomic E-state index is 0.0581. The van der Waals surface area contributed by atoms with Gasteiger partial charge >= 0.3 is 0 Å². The van der Waals surface area contributed by atoms with Crippen LogP contribution in [-0.2, 0) is 0 Å². The zero-order valence-electron chi connectivity index (χ0n) is 21.1. The van der Waals surface area contributed by atoms with E-state index in [0.717, 1.165) is 41.9 Å². The molecule has 0 radical (unpaired) electrons. The molecular formula is C29H51N. The fraction of sp³-hybridized carbons (Fsp3) is 0.931. The van der Waals surface area contributed by atoms with Gasteiger partial charge in [0, 0.05) is 5.54 Å². The van der Waals surface area contributed by atoms with Crippen molar-refractivity contribution in [1.82, 2.24) is 0 Å². The van der Waals surface area contributed by atoms with E-state index < -0.39 is 0 Å². The lowest BCUT2D eigenvalue weighted by Crippen LogP contribution is -2.66. The van der Waals surface area contributed by atoms with Crippen LogP contribution in [0.1, 0.15) is 119 Å². The Bertz CT molecular complexity index is 647. The Kier molecular flexibility index (Phi) is 6.28. The second kappa shape index (κ2) is 8.24. The summed E-state index contributed by atoms with van der Waals surface area (Å²) in [4.78, 5) is 0. The van der Waals surface area contributed by atoms with Crippen molar-refractivity contribution in [2.24, 2.45) is 52.1 Å². The predicted octanol–water partition coefficient (Wildman–Crippen LogP) is 8.14. The Morgan fingerprint density at radius 3 is 2.43 bits per heavy atom. The van der Waals surface area contributed by atoms with E-state index in [0.29, 0.717) is 10.8 Å². The van der Waals surface area contributed by atoms with Gasteiger partial charge in [0.25, 0.3) is 0 Å². The van der Waals surface area contributed by atoms with Crippen LogP contribution in [0.2, 0.25) is 0 Å². The third-order valence-corrected chi connectivity index (χ3v) is 11.0. The maximum absolute atomic E-state index is 7.53. The van der Waals surface area contributed by atoms with Gasteiger partial charge in [0.1, 0.15) is 0 Å². The summed E-state index contributed by atoms with van der Waals surface area (Å²) in [5.74, 6) is 4.96. The van der Waals surface area contributed by atoms with Crippen molar-refractivity contribution in [3.8, 4) is 0 Å².